The highest BCUT2D eigenvalue weighted by atomic mass is 35.5. The standard InChI is InChI=1S/C27H38ClN3O5S/c1-6-36-25-14-8-7-13-24(25)31(37(5,34)35)16-10-15-26(32)30(19-22-11-9-12-23(28)17-22)21(4)27(33)29-18-20(2)3/h7-9,11-14,17,20-21H,6,10,15-16,18-19H2,1-5H3,(H,29,33). The molecule has 2 rings (SSSR count). The fourth-order valence-electron chi connectivity index (χ4n) is 3.79. The average Bonchev–Trinajstić information content (AvgIpc) is 2.83. The molecule has 2 aromatic rings. The molecule has 0 radical (unpaired) electrons. The van der Waals surface area contributed by atoms with Gasteiger partial charge in [-0.25, -0.2) is 8.42 Å². The van der Waals surface area contributed by atoms with Gasteiger partial charge in [0.1, 0.15) is 11.8 Å². The maximum atomic E-state index is 13.4. The maximum absolute atomic E-state index is 13.4. The first-order chi connectivity index (χ1) is 17.4. The lowest BCUT2D eigenvalue weighted by atomic mass is 10.1. The van der Waals surface area contributed by atoms with E-state index in [-0.39, 0.29) is 43.7 Å². The van der Waals surface area contributed by atoms with E-state index in [0.717, 1.165) is 11.8 Å². The van der Waals surface area contributed by atoms with Crippen molar-refractivity contribution in [3.05, 3.63) is 59.1 Å². The number of nitrogens with zero attached hydrogens (tertiary/aromatic N) is 2. The number of rotatable bonds is 14. The number of halogens is 1. The lowest BCUT2D eigenvalue weighted by molar-refractivity contribution is -0.140. The highest BCUT2D eigenvalue weighted by molar-refractivity contribution is 7.92. The number of hydrogen-bond acceptors (Lipinski definition) is 5. The summed E-state index contributed by atoms with van der Waals surface area (Å²) in [6, 6.07) is 13.3. The normalized spacial score (nSPS) is 12.2. The van der Waals surface area contributed by atoms with Crippen molar-refractivity contribution in [1.29, 1.82) is 0 Å². The van der Waals surface area contributed by atoms with Gasteiger partial charge in [0, 0.05) is 31.1 Å². The number of carbonyl (C=O) groups is 2. The number of carbonyl (C=O) groups excluding carboxylic acids is 2. The molecule has 0 saturated heterocycles. The summed E-state index contributed by atoms with van der Waals surface area (Å²) in [5.74, 6) is 0.237. The summed E-state index contributed by atoms with van der Waals surface area (Å²) in [4.78, 5) is 27.7. The summed E-state index contributed by atoms with van der Waals surface area (Å²) in [5.41, 5.74) is 1.23. The van der Waals surface area contributed by atoms with Crippen LogP contribution in [0, 0.1) is 5.92 Å². The molecule has 37 heavy (non-hydrogen) atoms. The molecule has 2 aromatic carbocycles. The predicted octanol–water partition coefficient (Wildman–Crippen LogP) is 4.47. The molecule has 10 heteroatoms. The Morgan fingerprint density at radius 2 is 1.78 bits per heavy atom. The van der Waals surface area contributed by atoms with E-state index in [1.54, 1.807) is 49.4 Å². The molecular formula is C27H38ClN3O5S. The molecule has 8 nitrogen and oxygen atoms in total. The molecule has 0 aliphatic heterocycles. The van der Waals surface area contributed by atoms with Gasteiger partial charge in [-0.15, -0.1) is 0 Å². The van der Waals surface area contributed by atoms with Crippen molar-refractivity contribution in [3.63, 3.8) is 0 Å². The second-order valence-corrected chi connectivity index (χ2v) is 11.6. The van der Waals surface area contributed by atoms with Crippen molar-refractivity contribution in [2.75, 3.05) is 30.3 Å². The molecule has 0 aromatic heterocycles. The molecular weight excluding hydrogens is 514 g/mol. The van der Waals surface area contributed by atoms with Crippen LogP contribution < -0.4 is 14.4 Å². The van der Waals surface area contributed by atoms with E-state index in [9.17, 15) is 18.0 Å². The summed E-state index contributed by atoms with van der Waals surface area (Å²) < 4.78 is 32.1. The highest BCUT2D eigenvalue weighted by Crippen LogP contribution is 2.30. The number of para-hydroxylation sites is 2. The number of benzene rings is 2. The van der Waals surface area contributed by atoms with Crippen LogP contribution in [0.25, 0.3) is 0 Å². The predicted molar refractivity (Wildman–Crippen MR) is 148 cm³/mol. The van der Waals surface area contributed by atoms with Crippen LogP contribution in [-0.4, -0.2) is 57.1 Å². The number of nitrogens with one attached hydrogen (secondary N) is 1. The zero-order valence-electron chi connectivity index (χ0n) is 22.2. The molecule has 0 aliphatic carbocycles. The Balaban J connectivity index is 2.20. The van der Waals surface area contributed by atoms with Crippen LogP contribution in [-0.2, 0) is 26.2 Å². The highest BCUT2D eigenvalue weighted by Gasteiger charge is 2.27. The maximum Gasteiger partial charge on any atom is 0.242 e. The van der Waals surface area contributed by atoms with Crippen molar-refractivity contribution in [2.24, 2.45) is 5.92 Å². The zero-order valence-corrected chi connectivity index (χ0v) is 23.8. The van der Waals surface area contributed by atoms with Gasteiger partial charge < -0.3 is 15.0 Å². The van der Waals surface area contributed by atoms with Gasteiger partial charge in [0.15, 0.2) is 0 Å². The van der Waals surface area contributed by atoms with E-state index in [1.165, 1.54) is 9.21 Å². The van der Waals surface area contributed by atoms with Crippen LogP contribution in [0.5, 0.6) is 5.75 Å². The summed E-state index contributed by atoms with van der Waals surface area (Å²) in [7, 11) is -3.63. The van der Waals surface area contributed by atoms with Crippen molar-refractivity contribution in [1.82, 2.24) is 10.2 Å². The Hall–Kier alpha value is -2.78. The van der Waals surface area contributed by atoms with Gasteiger partial charge in [0.25, 0.3) is 0 Å². The van der Waals surface area contributed by atoms with Crippen LogP contribution in [0.1, 0.15) is 46.1 Å². The van der Waals surface area contributed by atoms with Gasteiger partial charge >= 0.3 is 0 Å². The minimum absolute atomic E-state index is 0.0607. The molecule has 204 valence electrons. The Kier molecular flexibility index (Phi) is 11.7. The molecule has 1 N–H and O–H groups in total. The van der Waals surface area contributed by atoms with Gasteiger partial charge in [-0.1, -0.05) is 49.7 Å². The minimum Gasteiger partial charge on any atom is -0.492 e. The van der Waals surface area contributed by atoms with Crippen molar-refractivity contribution >= 4 is 39.1 Å². The lowest BCUT2D eigenvalue weighted by Gasteiger charge is -2.30. The van der Waals surface area contributed by atoms with Gasteiger partial charge in [-0.05, 0) is 56.0 Å². The third-order valence-corrected chi connectivity index (χ3v) is 7.09. The van der Waals surface area contributed by atoms with Gasteiger partial charge in [0.2, 0.25) is 21.8 Å². The molecule has 0 aliphatic rings. The van der Waals surface area contributed by atoms with E-state index < -0.39 is 16.1 Å². The Morgan fingerprint density at radius 3 is 2.41 bits per heavy atom. The largest absolute Gasteiger partial charge is 0.492 e. The molecule has 0 saturated carbocycles. The average molecular weight is 552 g/mol. The van der Waals surface area contributed by atoms with Crippen LogP contribution in [0.3, 0.4) is 0 Å². The Bertz CT molecular complexity index is 1160. The van der Waals surface area contributed by atoms with Crippen molar-refractivity contribution in [2.45, 2.75) is 53.1 Å². The Morgan fingerprint density at radius 1 is 1.08 bits per heavy atom. The van der Waals surface area contributed by atoms with Crippen LogP contribution >= 0.6 is 11.6 Å². The van der Waals surface area contributed by atoms with Crippen LogP contribution in [0.15, 0.2) is 48.5 Å². The van der Waals surface area contributed by atoms with Gasteiger partial charge in [-0.3, -0.25) is 13.9 Å². The van der Waals surface area contributed by atoms with Crippen molar-refractivity contribution < 1.29 is 22.7 Å². The number of sulfonamides is 1. The molecule has 1 unspecified atom stereocenters. The van der Waals surface area contributed by atoms with E-state index in [1.807, 2.05) is 26.8 Å². The molecule has 0 spiro atoms. The first kappa shape index (κ1) is 30.4. The van der Waals surface area contributed by atoms with E-state index in [4.69, 9.17) is 16.3 Å². The number of hydrogen-bond donors (Lipinski definition) is 1. The fourth-order valence-corrected chi connectivity index (χ4v) is 4.97. The van der Waals surface area contributed by atoms with Gasteiger partial charge in [0.05, 0.1) is 18.6 Å². The number of ether oxygens (including phenoxy) is 1. The topological polar surface area (TPSA) is 96.0 Å². The lowest BCUT2D eigenvalue weighted by Crippen LogP contribution is -2.48. The number of amides is 2. The first-order valence-electron chi connectivity index (χ1n) is 12.4. The summed E-state index contributed by atoms with van der Waals surface area (Å²) >= 11 is 6.13. The monoisotopic (exact) mass is 551 g/mol. The summed E-state index contributed by atoms with van der Waals surface area (Å²) in [6.45, 7) is 8.71. The minimum atomic E-state index is -3.63. The fraction of sp³-hybridized carbons (Fsp3) is 0.481. The summed E-state index contributed by atoms with van der Waals surface area (Å²) in [5, 5.41) is 3.43. The van der Waals surface area contributed by atoms with E-state index >= 15 is 0 Å². The molecule has 2 amide bonds. The Labute approximate surface area is 226 Å². The second kappa shape index (κ2) is 14.2. The van der Waals surface area contributed by atoms with E-state index in [2.05, 4.69) is 5.32 Å². The smallest absolute Gasteiger partial charge is 0.242 e. The molecule has 1 atom stereocenters. The van der Waals surface area contributed by atoms with Gasteiger partial charge in [-0.2, -0.15) is 0 Å². The SMILES string of the molecule is CCOc1ccccc1N(CCCC(=O)N(Cc1cccc(Cl)c1)C(C)C(=O)NCC(C)C)S(C)(=O)=O. The van der Waals surface area contributed by atoms with Crippen LogP contribution in [0.2, 0.25) is 5.02 Å². The van der Waals surface area contributed by atoms with Crippen LogP contribution in [0.4, 0.5) is 5.69 Å². The first-order valence-corrected chi connectivity index (χ1v) is 14.7. The van der Waals surface area contributed by atoms with Crippen molar-refractivity contribution in [3.8, 4) is 5.75 Å². The summed E-state index contributed by atoms with van der Waals surface area (Å²) in [6.07, 6.45) is 1.45. The molecule has 0 bridgehead atoms. The third-order valence-electron chi connectivity index (χ3n) is 5.68. The second-order valence-electron chi connectivity index (χ2n) is 9.31. The zero-order chi connectivity index (χ0) is 27.6. The molecule has 0 heterocycles. The number of anilines is 1. The van der Waals surface area contributed by atoms with E-state index in [0.29, 0.717) is 29.6 Å². The molecule has 0 fully saturated rings. The third kappa shape index (κ3) is 9.55. The quantitative estimate of drug-likeness (QED) is 0.373.